The first kappa shape index (κ1) is 13.4. The third-order valence-corrected chi connectivity index (χ3v) is 3.95. The minimum absolute atomic E-state index is 0.665. The molecule has 0 aliphatic carbocycles. The average Bonchev–Trinajstić information content (AvgIpc) is 2.89. The van der Waals surface area contributed by atoms with Crippen LogP contribution in [0.1, 0.15) is 5.56 Å². The summed E-state index contributed by atoms with van der Waals surface area (Å²) in [4.78, 5) is 4.26. The van der Waals surface area contributed by atoms with Crippen molar-refractivity contribution in [3.8, 4) is 11.5 Å². The van der Waals surface area contributed by atoms with Gasteiger partial charge >= 0.3 is 0 Å². The normalized spacial score (nSPS) is 10.9. The second kappa shape index (κ2) is 5.79. The summed E-state index contributed by atoms with van der Waals surface area (Å²) in [7, 11) is 1.90. The van der Waals surface area contributed by atoms with Crippen LogP contribution in [0.5, 0.6) is 11.5 Å². The zero-order valence-corrected chi connectivity index (χ0v) is 12.5. The smallest absolute Gasteiger partial charge is 0.133 e. The van der Waals surface area contributed by atoms with Crippen molar-refractivity contribution >= 4 is 33.2 Å². The van der Waals surface area contributed by atoms with E-state index in [2.05, 4.69) is 10.3 Å². The molecule has 0 saturated carbocycles. The Kier molecular flexibility index (Phi) is 3.87. The molecule has 0 spiro atoms. The number of thiazole rings is 1. The van der Waals surface area contributed by atoms with E-state index in [1.807, 2.05) is 49.0 Å². The second-order valence-electron chi connectivity index (χ2n) is 4.37. The van der Waals surface area contributed by atoms with Gasteiger partial charge in [0, 0.05) is 23.2 Å². The van der Waals surface area contributed by atoms with E-state index in [-0.39, 0.29) is 0 Å². The minimum atomic E-state index is 0.665. The maximum Gasteiger partial charge on any atom is 0.133 e. The number of aromatic nitrogens is 1. The van der Waals surface area contributed by atoms with Crippen molar-refractivity contribution in [3.05, 3.63) is 52.5 Å². The third-order valence-electron chi connectivity index (χ3n) is 2.93. The number of nitrogens with one attached hydrogen (secondary N) is 1. The summed E-state index contributed by atoms with van der Waals surface area (Å²) >= 11 is 7.65. The van der Waals surface area contributed by atoms with Crippen molar-refractivity contribution in [1.29, 1.82) is 0 Å². The van der Waals surface area contributed by atoms with Gasteiger partial charge < -0.3 is 10.1 Å². The van der Waals surface area contributed by atoms with Crippen LogP contribution in [0.3, 0.4) is 0 Å². The molecule has 3 rings (SSSR count). The Labute approximate surface area is 126 Å². The molecule has 0 saturated heterocycles. The highest BCUT2D eigenvalue weighted by Crippen LogP contribution is 2.31. The summed E-state index contributed by atoms with van der Waals surface area (Å²) in [6.07, 6.45) is 0. The Hall–Kier alpha value is -1.62. The molecule has 1 heterocycles. The van der Waals surface area contributed by atoms with Crippen molar-refractivity contribution in [1.82, 2.24) is 10.3 Å². The van der Waals surface area contributed by atoms with E-state index in [9.17, 15) is 0 Å². The topological polar surface area (TPSA) is 34.1 Å². The zero-order valence-electron chi connectivity index (χ0n) is 10.9. The number of hydrogen-bond acceptors (Lipinski definition) is 4. The maximum atomic E-state index is 6.05. The van der Waals surface area contributed by atoms with Crippen LogP contribution in [0.15, 0.2) is 41.9 Å². The fourth-order valence-corrected chi connectivity index (χ4v) is 2.85. The molecule has 0 aliphatic heterocycles. The molecule has 3 nitrogen and oxygen atoms in total. The molecule has 0 atom stereocenters. The molecule has 1 N–H and O–H groups in total. The van der Waals surface area contributed by atoms with Gasteiger partial charge in [0.25, 0.3) is 0 Å². The highest BCUT2D eigenvalue weighted by atomic mass is 35.5. The highest BCUT2D eigenvalue weighted by Gasteiger charge is 2.07. The van der Waals surface area contributed by atoms with E-state index in [4.69, 9.17) is 16.3 Å². The molecule has 0 radical (unpaired) electrons. The van der Waals surface area contributed by atoms with Gasteiger partial charge in [0.2, 0.25) is 0 Å². The lowest BCUT2D eigenvalue weighted by Gasteiger charge is -2.11. The summed E-state index contributed by atoms with van der Waals surface area (Å²) < 4.78 is 7.09. The van der Waals surface area contributed by atoms with E-state index < -0.39 is 0 Å². The van der Waals surface area contributed by atoms with Gasteiger partial charge in [-0.3, -0.25) is 0 Å². The fraction of sp³-hybridized carbons (Fsp3) is 0.133. The molecule has 0 amide bonds. The number of rotatable bonds is 4. The van der Waals surface area contributed by atoms with Crippen molar-refractivity contribution < 1.29 is 4.74 Å². The van der Waals surface area contributed by atoms with Gasteiger partial charge in [0.1, 0.15) is 11.5 Å². The van der Waals surface area contributed by atoms with E-state index in [1.54, 1.807) is 11.3 Å². The predicted molar refractivity (Wildman–Crippen MR) is 83.9 cm³/mol. The molecule has 5 heteroatoms. The molecule has 3 aromatic rings. The number of halogens is 1. The van der Waals surface area contributed by atoms with Gasteiger partial charge in [-0.1, -0.05) is 17.7 Å². The molecule has 20 heavy (non-hydrogen) atoms. The van der Waals surface area contributed by atoms with Crippen LogP contribution in [0, 0.1) is 0 Å². The molecule has 102 valence electrons. The van der Waals surface area contributed by atoms with Gasteiger partial charge in [0.05, 0.1) is 15.7 Å². The van der Waals surface area contributed by atoms with E-state index in [0.717, 1.165) is 33.8 Å². The van der Waals surface area contributed by atoms with Crippen LogP contribution in [0.2, 0.25) is 5.02 Å². The SMILES string of the molecule is CNCc1ccc(Cl)cc1Oc1ccc2ncsc2c1. The van der Waals surface area contributed by atoms with E-state index in [1.165, 1.54) is 0 Å². The van der Waals surface area contributed by atoms with Crippen LogP contribution in [-0.4, -0.2) is 12.0 Å². The number of fused-ring (bicyclic) bond motifs is 1. The van der Waals surface area contributed by atoms with Gasteiger partial charge in [0.15, 0.2) is 0 Å². The maximum absolute atomic E-state index is 6.05. The van der Waals surface area contributed by atoms with Crippen molar-refractivity contribution in [2.24, 2.45) is 0 Å². The summed E-state index contributed by atoms with van der Waals surface area (Å²) in [6, 6.07) is 11.6. The molecule has 1 aromatic heterocycles. The van der Waals surface area contributed by atoms with Crippen molar-refractivity contribution in [2.45, 2.75) is 6.54 Å². The quantitative estimate of drug-likeness (QED) is 0.772. The number of nitrogens with zero attached hydrogens (tertiary/aromatic N) is 1. The summed E-state index contributed by atoms with van der Waals surface area (Å²) in [5.41, 5.74) is 3.89. The monoisotopic (exact) mass is 304 g/mol. The van der Waals surface area contributed by atoms with Crippen molar-refractivity contribution in [2.75, 3.05) is 7.05 Å². The Morgan fingerprint density at radius 3 is 3.00 bits per heavy atom. The van der Waals surface area contributed by atoms with Crippen LogP contribution < -0.4 is 10.1 Å². The number of hydrogen-bond donors (Lipinski definition) is 1. The Balaban J connectivity index is 1.94. The standard InChI is InChI=1S/C15H13ClN2OS/c1-17-8-10-2-3-11(16)6-14(10)19-12-4-5-13-15(7-12)20-9-18-13/h2-7,9,17H,8H2,1H3. The Morgan fingerprint density at radius 1 is 1.25 bits per heavy atom. The summed E-state index contributed by atoms with van der Waals surface area (Å²) in [6.45, 7) is 0.731. The van der Waals surface area contributed by atoms with Crippen LogP contribution in [0.25, 0.3) is 10.2 Å². The van der Waals surface area contributed by atoms with Gasteiger partial charge in [-0.05, 0) is 31.3 Å². The number of ether oxygens (including phenoxy) is 1. The van der Waals surface area contributed by atoms with Gasteiger partial charge in [-0.25, -0.2) is 4.98 Å². The first-order chi connectivity index (χ1) is 9.76. The summed E-state index contributed by atoms with van der Waals surface area (Å²) in [5, 5.41) is 3.79. The Bertz CT molecular complexity index is 742. The molecular formula is C15H13ClN2OS. The lowest BCUT2D eigenvalue weighted by Crippen LogP contribution is -2.06. The largest absolute Gasteiger partial charge is 0.457 e. The molecule has 0 unspecified atom stereocenters. The summed E-state index contributed by atoms with van der Waals surface area (Å²) in [5.74, 6) is 1.57. The van der Waals surface area contributed by atoms with Crippen LogP contribution in [-0.2, 0) is 6.54 Å². The second-order valence-corrected chi connectivity index (χ2v) is 5.69. The fourth-order valence-electron chi connectivity index (χ4n) is 1.99. The molecular weight excluding hydrogens is 292 g/mol. The average molecular weight is 305 g/mol. The molecule has 0 fully saturated rings. The highest BCUT2D eigenvalue weighted by molar-refractivity contribution is 7.16. The molecule has 0 aliphatic rings. The van der Waals surface area contributed by atoms with E-state index >= 15 is 0 Å². The minimum Gasteiger partial charge on any atom is -0.457 e. The molecule has 2 aromatic carbocycles. The lowest BCUT2D eigenvalue weighted by molar-refractivity contribution is 0.475. The van der Waals surface area contributed by atoms with Gasteiger partial charge in [-0.2, -0.15) is 0 Å². The van der Waals surface area contributed by atoms with Crippen LogP contribution >= 0.6 is 22.9 Å². The predicted octanol–water partition coefficient (Wildman–Crippen LogP) is 4.46. The van der Waals surface area contributed by atoms with Crippen molar-refractivity contribution in [3.63, 3.8) is 0 Å². The first-order valence-electron chi connectivity index (χ1n) is 6.20. The third kappa shape index (κ3) is 2.77. The number of benzene rings is 2. The lowest BCUT2D eigenvalue weighted by atomic mass is 10.2. The van der Waals surface area contributed by atoms with E-state index in [0.29, 0.717) is 5.02 Å². The van der Waals surface area contributed by atoms with Gasteiger partial charge in [-0.15, -0.1) is 11.3 Å². The Morgan fingerprint density at radius 2 is 2.15 bits per heavy atom. The van der Waals surface area contributed by atoms with Crippen LogP contribution in [0.4, 0.5) is 0 Å². The first-order valence-corrected chi connectivity index (χ1v) is 7.46. The zero-order chi connectivity index (χ0) is 13.9. The molecule has 0 bridgehead atoms.